The normalized spacial score (nSPS) is 10.4. The van der Waals surface area contributed by atoms with E-state index in [1.165, 1.54) is 0 Å². The SMILES string of the molecule is CC(C)C(=O)Nc1cccc(NC(=O)c2cccc(COc3ccccc3)c2)c1. The summed E-state index contributed by atoms with van der Waals surface area (Å²) in [7, 11) is 0. The Hall–Kier alpha value is -3.60. The Bertz CT molecular complexity index is 984. The summed E-state index contributed by atoms with van der Waals surface area (Å²) in [5, 5.41) is 5.70. The molecule has 0 bridgehead atoms. The van der Waals surface area contributed by atoms with Crippen LogP contribution in [-0.2, 0) is 11.4 Å². The van der Waals surface area contributed by atoms with Gasteiger partial charge in [0.05, 0.1) is 0 Å². The molecule has 29 heavy (non-hydrogen) atoms. The summed E-state index contributed by atoms with van der Waals surface area (Å²) < 4.78 is 5.75. The number of hydrogen-bond donors (Lipinski definition) is 2. The predicted octanol–water partition coefficient (Wildman–Crippen LogP) is 5.11. The van der Waals surface area contributed by atoms with Gasteiger partial charge in [0, 0.05) is 22.9 Å². The highest BCUT2D eigenvalue weighted by Gasteiger charge is 2.10. The summed E-state index contributed by atoms with van der Waals surface area (Å²) in [4.78, 5) is 24.5. The largest absolute Gasteiger partial charge is 0.489 e. The number of carbonyl (C=O) groups is 2. The zero-order valence-electron chi connectivity index (χ0n) is 16.5. The van der Waals surface area contributed by atoms with Crippen LogP contribution in [0.15, 0.2) is 78.9 Å². The molecular formula is C24H24N2O3. The second kappa shape index (κ2) is 9.55. The number of benzene rings is 3. The Balaban J connectivity index is 1.64. The molecule has 0 radical (unpaired) electrons. The maximum absolute atomic E-state index is 12.6. The van der Waals surface area contributed by atoms with Gasteiger partial charge >= 0.3 is 0 Å². The van der Waals surface area contributed by atoms with Gasteiger partial charge in [0.25, 0.3) is 5.91 Å². The lowest BCUT2D eigenvalue weighted by Gasteiger charge is -2.11. The maximum atomic E-state index is 12.6. The summed E-state index contributed by atoms with van der Waals surface area (Å²) in [6.07, 6.45) is 0. The highest BCUT2D eigenvalue weighted by molar-refractivity contribution is 6.04. The van der Waals surface area contributed by atoms with E-state index in [4.69, 9.17) is 4.74 Å². The molecule has 0 atom stereocenters. The minimum Gasteiger partial charge on any atom is -0.489 e. The van der Waals surface area contributed by atoms with Crippen molar-refractivity contribution in [3.63, 3.8) is 0 Å². The van der Waals surface area contributed by atoms with E-state index in [0.717, 1.165) is 11.3 Å². The molecular weight excluding hydrogens is 364 g/mol. The molecule has 2 amide bonds. The van der Waals surface area contributed by atoms with Gasteiger partial charge < -0.3 is 15.4 Å². The van der Waals surface area contributed by atoms with E-state index in [1.807, 2.05) is 62.4 Å². The molecule has 0 saturated heterocycles. The van der Waals surface area contributed by atoms with Crippen molar-refractivity contribution in [3.05, 3.63) is 90.0 Å². The minimum absolute atomic E-state index is 0.0698. The maximum Gasteiger partial charge on any atom is 0.255 e. The van der Waals surface area contributed by atoms with Gasteiger partial charge in [-0.2, -0.15) is 0 Å². The van der Waals surface area contributed by atoms with Gasteiger partial charge in [-0.1, -0.05) is 50.2 Å². The van der Waals surface area contributed by atoms with E-state index in [0.29, 0.717) is 23.5 Å². The van der Waals surface area contributed by atoms with Crippen molar-refractivity contribution in [1.82, 2.24) is 0 Å². The van der Waals surface area contributed by atoms with Crippen LogP contribution in [0.5, 0.6) is 5.75 Å². The fourth-order valence-electron chi connectivity index (χ4n) is 2.65. The monoisotopic (exact) mass is 388 g/mol. The van der Waals surface area contributed by atoms with Crippen molar-refractivity contribution < 1.29 is 14.3 Å². The van der Waals surface area contributed by atoms with Crippen molar-refractivity contribution in [2.24, 2.45) is 5.92 Å². The molecule has 5 nitrogen and oxygen atoms in total. The van der Waals surface area contributed by atoms with Gasteiger partial charge in [0.15, 0.2) is 0 Å². The van der Waals surface area contributed by atoms with E-state index < -0.39 is 0 Å². The lowest BCUT2D eigenvalue weighted by Crippen LogP contribution is -2.18. The predicted molar refractivity (Wildman–Crippen MR) is 115 cm³/mol. The fraction of sp³-hybridized carbons (Fsp3) is 0.167. The lowest BCUT2D eigenvalue weighted by molar-refractivity contribution is -0.118. The molecule has 0 spiro atoms. The Labute approximate surface area is 170 Å². The summed E-state index contributed by atoms with van der Waals surface area (Å²) in [5.41, 5.74) is 2.70. The highest BCUT2D eigenvalue weighted by atomic mass is 16.5. The molecule has 0 saturated carbocycles. The molecule has 0 aliphatic carbocycles. The number of ether oxygens (including phenoxy) is 1. The standard InChI is InChI=1S/C24H24N2O3/c1-17(2)23(27)25-20-10-7-11-21(15-20)26-24(28)19-9-6-8-18(14-19)16-29-22-12-4-3-5-13-22/h3-15,17H,16H2,1-2H3,(H,25,27)(H,26,28). The number of carbonyl (C=O) groups excluding carboxylic acids is 2. The molecule has 0 aliphatic rings. The highest BCUT2D eigenvalue weighted by Crippen LogP contribution is 2.18. The topological polar surface area (TPSA) is 67.4 Å². The van der Waals surface area contributed by atoms with E-state index in [1.54, 1.807) is 30.3 Å². The third-order valence-electron chi connectivity index (χ3n) is 4.25. The Morgan fingerprint density at radius 2 is 1.52 bits per heavy atom. The number of anilines is 2. The smallest absolute Gasteiger partial charge is 0.255 e. The van der Waals surface area contributed by atoms with E-state index in [2.05, 4.69) is 10.6 Å². The summed E-state index contributed by atoms with van der Waals surface area (Å²) >= 11 is 0. The van der Waals surface area contributed by atoms with Crippen LogP contribution in [0, 0.1) is 5.92 Å². The third kappa shape index (κ3) is 5.94. The molecule has 2 N–H and O–H groups in total. The third-order valence-corrected chi connectivity index (χ3v) is 4.25. The van der Waals surface area contributed by atoms with Gasteiger partial charge in [-0.05, 0) is 48.0 Å². The molecule has 3 rings (SSSR count). The van der Waals surface area contributed by atoms with Gasteiger partial charge in [-0.25, -0.2) is 0 Å². The van der Waals surface area contributed by atoms with Gasteiger partial charge in [-0.15, -0.1) is 0 Å². The number of rotatable bonds is 7. The quantitative estimate of drug-likeness (QED) is 0.591. The second-order valence-electron chi connectivity index (χ2n) is 6.98. The van der Waals surface area contributed by atoms with Crippen LogP contribution in [0.4, 0.5) is 11.4 Å². The lowest BCUT2D eigenvalue weighted by atomic mass is 10.1. The van der Waals surface area contributed by atoms with Crippen molar-refractivity contribution >= 4 is 23.2 Å². The van der Waals surface area contributed by atoms with Crippen LogP contribution in [0.3, 0.4) is 0 Å². The summed E-state index contributed by atoms with van der Waals surface area (Å²) in [6.45, 7) is 4.03. The van der Waals surface area contributed by atoms with Crippen LogP contribution in [-0.4, -0.2) is 11.8 Å². The average molecular weight is 388 g/mol. The van der Waals surface area contributed by atoms with Gasteiger partial charge in [0.2, 0.25) is 5.91 Å². The minimum atomic E-state index is -0.223. The van der Waals surface area contributed by atoms with E-state index in [9.17, 15) is 9.59 Å². The summed E-state index contributed by atoms with van der Waals surface area (Å²) in [5.74, 6) is 0.371. The first-order chi connectivity index (χ1) is 14.0. The van der Waals surface area contributed by atoms with Gasteiger partial charge in [0.1, 0.15) is 12.4 Å². The summed E-state index contributed by atoms with van der Waals surface area (Å²) in [6, 6.07) is 23.9. The number of para-hydroxylation sites is 1. The molecule has 148 valence electrons. The first kappa shape index (κ1) is 20.1. The average Bonchev–Trinajstić information content (AvgIpc) is 2.73. The zero-order chi connectivity index (χ0) is 20.6. The van der Waals surface area contributed by atoms with Gasteiger partial charge in [-0.3, -0.25) is 9.59 Å². The van der Waals surface area contributed by atoms with Crippen molar-refractivity contribution in [1.29, 1.82) is 0 Å². The first-order valence-corrected chi connectivity index (χ1v) is 9.50. The van der Waals surface area contributed by atoms with E-state index >= 15 is 0 Å². The molecule has 3 aromatic rings. The molecule has 0 fully saturated rings. The van der Waals surface area contributed by atoms with Crippen LogP contribution in [0.1, 0.15) is 29.8 Å². The zero-order valence-corrected chi connectivity index (χ0v) is 16.5. The Morgan fingerprint density at radius 3 is 2.24 bits per heavy atom. The van der Waals surface area contributed by atoms with E-state index in [-0.39, 0.29) is 17.7 Å². The number of hydrogen-bond acceptors (Lipinski definition) is 3. The molecule has 0 aliphatic heterocycles. The molecule has 5 heteroatoms. The first-order valence-electron chi connectivity index (χ1n) is 9.50. The van der Waals surface area contributed by atoms with Crippen molar-refractivity contribution in [3.8, 4) is 5.75 Å². The Morgan fingerprint density at radius 1 is 0.828 bits per heavy atom. The second-order valence-corrected chi connectivity index (χ2v) is 6.98. The Kier molecular flexibility index (Phi) is 6.63. The number of nitrogens with one attached hydrogen (secondary N) is 2. The molecule has 0 unspecified atom stereocenters. The van der Waals surface area contributed by atoms with Crippen LogP contribution in [0.25, 0.3) is 0 Å². The fourth-order valence-corrected chi connectivity index (χ4v) is 2.65. The molecule has 3 aromatic carbocycles. The van der Waals surface area contributed by atoms with Crippen LogP contribution in [0.2, 0.25) is 0 Å². The van der Waals surface area contributed by atoms with Crippen LogP contribution >= 0.6 is 0 Å². The van der Waals surface area contributed by atoms with Crippen molar-refractivity contribution in [2.75, 3.05) is 10.6 Å². The van der Waals surface area contributed by atoms with Crippen molar-refractivity contribution in [2.45, 2.75) is 20.5 Å². The molecule has 0 aromatic heterocycles. The van der Waals surface area contributed by atoms with Crippen LogP contribution < -0.4 is 15.4 Å². The number of amides is 2. The molecule has 0 heterocycles.